The topological polar surface area (TPSA) is 77.6 Å². The molecule has 0 spiro atoms. The third kappa shape index (κ3) is 2.92. The second-order valence-corrected chi connectivity index (χ2v) is 7.10. The second-order valence-electron chi connectivity index (χ2n) is 5.42. The van der Waals surface area contributed by atoms with Gasteiger partial charge in [-0.25, -0.2) is 0 Å². The molecule has 1 aromatic carbocycles. The maximum absolute atomic E-state index is 11.4. The van der Waals surface area contributed by atoms with Crippen LogP contribution in [0, 0.1) is 3.95 Å². The van der Waals surface area contributed by atoms with Crippen LogP contribution in [0.1, 0.15) is 36.2 Å². The van der Waals surface area contributed by atoms with Crippen LogP contribution >= 0.6 is 23.6 Å². The van der Waals surface area contributed by atoms with Gasteiger partial charge in [-0.2, -0.15) is 0 Å². The molecular weight excluding hydrogens is 344 g/mol. The molecule has 0 saturated carbocycles. The lowest BCUT2D eigenvalue weighted by molar-refractivity contribution is -0.310. The molecule has 1 aliphatic heterocycles. The van der Waals surface area contributed by atoms with Crippen LogP contribution in [-0.4, -0.2) is 21.9 Å². The van der Waals surface area contributed by atoms with Gasteiger partial charge in [-0.15, -0.1) is 11.3 Å². The van der Waals surface area contributed by atoms with Gasteiger partial charge in [0, 0.05) is 17.4 Å². The molecule has 3 rings (SSSR count). The average molecular weight is 359 g/mol. The SMILES string of the molecule is CCC[C@@H](C(=O)[O-])n1c(O)c(/C=C2\C=Nc3ccccc32)sc1=S. The number of hydrogen-bond donors (Lipinski definition) is 1. The van der Waals surface area contributed by atoms with E-state index in [1.807, 2.05) is 31.2 Å². The molecule has 24 heavy (non-hydrogen) atoms. The number of nitrogens with zero attached hydrogens (tertiary/aromatic N) is 2. The van der Waals surface area contributed by atoms with Gasteiger partial charge < -0.3 is 15.0 Å². The number of hydrogen-bond acceptors (Lipinski definition) is 6. The van der Waals surface area contributed by atoms with E-state index in [1.165, 1.54) is 15.9 Å². The number of aliphatic carboxylic acids is 1. The van der Waals surface area contributed by atoms with Crippen LogP contribution in [0.3, 0.4) is 0 Å². The van der Waals surface area contributed by atoms with Gasteiger partial charge >= 0.3 is 0 Å². The zero-order valence-corrected chi connectivity index (χ0v) is 14.6. The fourth-order valence-electron chi connectivity index (χ4n) is 2.68. The normalized spacial score (nSPS) is 15.6. The van der Waals surface area contributed by atoms with Gasteiger partial charge in [0.15, 0.2) is 3.95 Å². The number of carboxylic acids is 1. The number of thiazole rings is 1. The first-order valence-corrected chi connectivity index (χ1v) is 8.75. The molecule has 0 aliphatic carbocycles. The molecular formula is C17H15N2O3S2-. The molecule has 1 N–H and O–H groups in total. The number of allylic oxidation sites excluding steroid dienone is 1. The molecule has 1 atom stereocenters. The summed E-state index contributed by atoms with van der Waals surface area (Å²) in [6.45, 7) is 1.87. The van der Waals surface area contributed by atoms with E-state index in [0.717, 1.165) is 16.8 Å². The maximum atomic E-state index is 11.4. The van der Waals surface area contributed by atoms with Crippen LogP contribution < -0.4 is 5.11 Å². The zero-order valence-electron chi connectivity index (χ0n) is 12.9. The van der Waals surface area contributed by atoms with Crippen molar-refractivity contribution in [2.45, 2.75) is 25.8 Å². The number of para-hydroxylation sites is 1. The first kappa shape index (κ1) is 16.6. The van der Waals surface area contributed by atoms with Gasteiger partial charge in [0.2, 0.25) is 5.88 Å². The number of aromatic hydroxyl groups is 1. The van der Waals surface area contributed by atoms with E-state index in [-0.39, 0.29) is 5.88 Å². The number of aromatic nitrogens is 1. The van der Waals surface area contributed by atoms with E-state index >= 15 is 0 Å². The van der Waals surface area contributed by atoms with Crippen molar-refractivity contribution in [3.8, 4) is 5.88 Å². The van der Waals surface area contributed by atoms with E-state index in [1.54, 1.807) is 12.3 Å². The molecule has 0 saturated heterocycles. The minimum absolute atomic E-state index is 0.141. The third-order valence-electron chi connectivity index (χ3n) is 3.83. The second kappa shape index (κ2) is 6.70. The summed E-state index contributed by atoms with van der Waals surface area (Å²) in [5.41, 5.74) is 2.68. The van der Waals surface area contributed by atoms with Crippen LogP contribution in [0.15, 0.2) is 29.3 Å². The predicted octanol–water partition coefficient (Wildman–Crippen LogP) is 3.33. The van der Waals surface area contributed by atoms with E-state index in [9.17, 15) is 15.0 Å². The summed E-state index contributed by atoms with van der Waals surface area (Å²) < 4.78 is 1.58. The highest BCUT2D eigenvalue weighted by Crippen LogP contribution is 2.37. The quantitative estimate of drug-likeness (QED) is 0.831. The molecule has 0 fully saturated rings. The van der Waals surface area contributed by atoms with Crippen molar-refractivity contribution < 1.29 is 15.0 Å². The van der Waals surface area contributed by atoms with Crippen LogP contribution in [0.25, 0.3) is 11.6 Å². The molecule has 0 unspecified atom stereocenters. The Bertz CT molecular complexity index is 909. The molecule has 0 bridgehead atoms. The standard InChI is InChI=1S/C17H16N2O3S2/c1-2-5-13(16(21)22)19-15(20)14(24-17(19)23)8-10-9-18-12-7-4-3-6-11(10)12/h3-4,6-9,13,20H,2,5H2,1H3,(H,21,22)/p-1/b10-8+/t13-/m0/s1. The number of carboxylic acid groups (broad SMARTS) is 1. The highest BCUT2D eigenvalue weighted by atomic mass is 32.1. The van der Waals surface area contributed by atoms with Crippen molar-refractivity contribution in [2.24, 2.45) is 4.99 Å². The summed E-state index contributed by atoms with van der Waals surface area (Å²) >= 11 is 6.43. The van der Waals surface area contributed by atoms with Gasteiger partial charge in [-0.3, -0.25) is 9.56 Å². The zero-order chi connectivity index (χ0) is 17.3. The van der Waals surface area contributed by atoms with Gasteiger partial charge in [0.1, 0.15) is 0 Å². The van der Waals surface area contributed by atoms with Crippen LogP contribution in [0.5, 0.6) is 5.88 Å². The van der Waals surface area contributed by atoms with E-state index in [0.29, 0.717) is 21.7 Å². The summed E-state index contributed by atoms with van der Waals surface area (Å²) in [4.78, 5) is 16.2. The lowest BCUT2D eigenvalue weighted by Crippen LogP contribution is -2.33. The van der Waals surface area contributed by atoms with Crippen molar-refractivity contribution in [3.63, 3.8) is 0 Å². The lowest BCUT2D eigenvalue weighted by atomic mass is 10.1. The summed E-state index contributed by atoms with van der Waals surface area (Å²) in [6.07, 6.45) is 4.49. The average Bonchev–Trinajstić information content (AvgIpc) is 3.08. The molecule has 7 heteroatoms. The Morgan fingerprint density at radius 3 is 2.96 bits per heavy atom. The Morgan fingerprint density at radius 1 is 1.50 bits per heavy atom. The summed E-state index contributed by atoms with van der Waals surface area (Å²) in [7, 11) is 0. The smallest absolute Gasteiger partial charge is 0.211 e. The Balaban J connectivity index is 2.05. The Labute approximate surface area is 148 Å². The monoisotopic (exact) mass is 359 g/mol. The first-order valence-electron chi connectivity index (χ1n) is 7.53. The molecule has 2 aromatic rings. The van der Waals surface area contributed by atoms with Crippen molar-refractivity contribution in [1.82, 2.24) is 4.57 Å². The summed E-state index contributed by atoms with van der Waals surface area (Å²) in [5.74, 6) is -1.38. The minimum atomic E-state index is -1.24. The molecule has 124 valence electrons. The Hall–Kier alpha value is -2.25. The number of rotatable bonds is 5. The molecule has 0 radical (unpaired) electrons. The maximum Gasteiger partial charge on any atom is 0.211 e. The Kier molecular flexibility index (Phi) is 4.64. The molecule has 1 aromatic heterocycles. The summed E-state index contributed by atoms with van der Waals surface area (Å²) in [5, 5.41) is 21.9. The van der Waals surface area contributed by atoms with Gasteiger partial charge in [-0.1, -0.05) is 31.5 Å². The van der Waals surface area contributed by atoms with Crippen molar-refractivity contribution in [1.29, 1.82) is 0 Å². The van der Waals surface area contributed by atoms with Crippen molar-refractivity contribution >= 4 is 53.1 Å². The number of carbonyl (C=O) groups is 1. The number of carbonyl (C=O) groups excluding carboxylic acids is 1. The minimum Gasteiger partial charge on any atom is -0.548 e. The van der Waals surface area contributed by atoms with Crippen molar-refractivity contribution in [3.05, 3.63) is 38.7 Å². The van der Waals surface area contributed by atoms with Crippen LogP contribution in [-0.2, 0) is 4.79 Å². The highest BCUT2D eigenvalue weighted by molar-refractivity contribution is 7.73. The summed E-state index contributed by atoms with van der Waals surface area (Å²) in [6, 6.07) is 6.72. The fraction of sp³-hybridized carbons (Fsp3) is 0.235. The predicted molar refractivity (Wildman–Crippen MR) is 96.2 cm³/mol. The molecule has 5 nitrogen and oxygen atoms in total. The van der Waals surface area contributed by atoms with Crippen LogP contribution in [0.4, 0.5) is 5.69 Å². The van der Waals surface area contributed by atoms with E-state index in [4.69, 9.17) is 12.2 Å². The van der Waals surface area contributed by atoms with Crippen LogP contribution in [0.2, 0.25) is 0 Å². The largest absolute Gasteiger partial charge is 0.548 e. The third-order valence-corrected chi connectivity index (χ3v) is 5.17. The molecule has 1 aliphatic rings. The lowest BCUT2D eigenvalue weighted by Gasteiger charge is -2.19. The highest BCUT2D eigenvalue weighted by Gasteiger charge is 2.20. The van der Waals surface area contributed by atoms with Crippen molar-refractivity contribution in [2.75, 3.05) is 0 Å². The Morgan fingerprint density at radius 2 is 2.25 bits per heavy atom. The number of benzene rings is 1. The van der Waals surface area contributed by atoms with Gasteiger partial charge in [0.25, 0.3) is 0 Å². The molecule has 0 amide bonds. The number of aliphatic imine (C=N–C) groups is 1. The van der Waals surface area contributed by atoms with E-state index in [2.05, 4.69) is 4.99 Å². The van der Waals surface area contributed by atoms with E-state index < -0.39 is 12.0 Å². The van der Waals surface area contributed by atoms with Gasteiger partial charge in [-0.05, 0) is 30.8 Å². The first-order chi connectivity index (χ1) is 11.5. The molecule has 2 heterocycles. The fourth-order valence-corrected chi connectivity index (χ4v) is 4.04. The number of fused-ring (bicyclic) bond motifs is 1. The van der Waals surface area contributed by atoms with Gasteiger partial charge in [0.05, 0.1) is 22.6 Å².